The quantitative estimate of drug-likeness (QED) is 0.333. The van der Waals surface area contributed by atoms with Crippen LogP contribution in [0.3, 0.4) is 0 Å². The fourth-order valence-corrected chi connectivity index (χ4v) is 5.02. The highest BCUT2D eigenvalue weighted by Crippen LogP contribution is 2.28. The highest BCUT2D eigenvalue weighted by Gasteiger charge is 2.21. The van der Waals surface area contributed by atoms with Crippen LogP contribution in [0.15, 0.2) is 48.5 Å². The lowest BCUT2D eigenvalue weighted by atomic mass is 9.81. The summed E-state index contributed by atoms with van der Waals surface area (Å²) in [5, 5.41) is 7.47. The van der Waals surface area contributed by atoms with E-state index in [0.29, 0.717) is 0 Å². The van der Waals surface area contributed by atoms with Crippen molar-refractivity contribution in [1.82, 2.24) is 10.6 Å². The summed E-state index contributed by atoms with van der Waals surface area (Å²) in [6, 6.07) is 18.5. The van der Waals surface area contributed by atoms with Crippen LogP contribution in [0.1, 0.15) is 87.5 Å². The van der Waals surface area contributed by atoms with E-state index >= 15 is 0 Å². The lowest BCUT2D eigenvalue weighted by Crippen LogP contribution is -2.31. The van der Waals surface area contributed by atoms with Crippen molar-refractivity contribution in [3.05, 3.63) is 70.8 Å². The van der Waals surface area contributed by atoms with E-state index in [1.54, 1.807) is 0 Å². The van der Waals surface area contributed by atoms with Crippen molar-refractivity contribution in [1.29, 1.82) is 0 Å². The standard InChI is InChI=1S/C30H46N2/c1-3-5-8-25-12-16-27(17-13-25)21-31-23-29-10-7-11-30(20-29)24-32-22-28-18-14-26(15-19-28)9-6-4-2/h12-19,29-32H,3-11,20-24H2,1-2H3. The Hall–Kier alpha value is -1.64. The maximum absolute atomic E-state index is 3.74. The Morgan fingerprint density at radius 2 is 1.03 bits per heavy atom. The first kappa shape index (κ1) is 25.0. The first-order valence-electron chi connectivity index (χ1n) is 13.3. The average molecular weight is 435 g/mol. The number of nitrogens with one attached hydrogen (secondary N) is 2. The smallest absolute Gasteiger partial charge is 0.0205 e. The highest BCUT2D eigenvalue weighted by atomic mass is 14.9. The molecule has 2 aromatic carbocycles. The zero-order valence-electron chi connectivity index (χ0n) is 20.7. The van der Waals surface area contributed by atoms with Gasteiger partial charge in [0.05, 0.1) is 0 Å². The summed E-state index contributed by atoms with van der Waals surface area (Å²) in [7, 11) is 0. The molecule has 2 atom stereocenters. The summed E-state index contributed by atoms with van der Waals surface area (Å²) >= 11 is 0. The summed E-state index contributed by atoms with van der Waals surface area (Å²) in [6.45, 7) is 8.85. The molecule has 1 aliphatic rings. The van der Waals surface area contributed by atoms with Crippen LogP contribution in [0.5, 0.6) is 0 Å². The largest absolute Gasteiger partial charge is 0.312 e. The second-order valence-corrected chi connectivity index (χ2v) is 10.0. The Morgan fingerprint density at radius 1 is 0.625 bits per heavy atom. The summed E-state index contributed by atoms with van der Waals surface area (Å²) in [5.74, 6) is 1.66. The number of unbranched alkanes of at least 4 members (excludes halogenated alkanes) is 2. The fraction of sp³-hybridized carbons (Fsp3) is 0.600. The summed E-state index contributed by atoms with van der Waals surface area (Å²) in [4.78, 5) is 0. The molecular weight excluding hydrogens is 388 g/mol. The summed E-state index contributed by atoms with van der Waals surface area (Å²) < 4.78 is 0. The zero-order chi connectivity index (χ0) is 22.4. The average Bonchev–Trinajstić information content (AvgIpc) is 2.83. The maximum Gasteiger partial charge on any atom is 0.0205 e. The van der Waals surface area contributed by atoms with Gasteiger partial charge >= 0.3 is 0 Å². The first-order chi connectivity index (χ1) is 15.8. The molecule has 0 aromatic heterocycles. The Balaban J connectivity index is 1.31. The first-order valence-corrected chi connectivity index (χ1v) is 13.3. The number of rotatable bonds is 14. The Bertz CT molecular complexity index is 671. The molecule has 2 unspecified atom stereocenters. The van der Waals surface area contributed by atoms with Crippen LogP contribution in [0.4, 0.5) is 0 Å². The summed E-state index contributed by atoms with van der Waals surface area (Å²) in [6.07, 6.45) is 13.1. The van der Waals surface area contributed by atoms with E-state index in [0.717, 1.165) is 38.0 Å². The molecule has 176 valence electrons. The van der Waals surface area contributed by atoms with E-state index in [2.05, 4.69) is 73.0 Å². The van der Waals surface area contributed by atoms with E-state index in [4.69, 9.17) is 0 Å². The third-order valence-corrected chi connectivity index (χ3v) is 7.10. The molecule has 0 spiro atoms. The molecule has 1 aliphatic carbocycles. The number of benzene rings is 2. The van der Waals surface area contributed by atoms with E-state index in [9.17, 15) is 0 Å². The van der Waals surface area contributed by atoms with Gasteiger partial charge in [0, 0.05) is 13.1 Å². The Kier molecular flexibility index (Phi) is 11.3. The van der Waals surface area contributed by atoms with Crippen molar-refractivity contribution >= 4 is 0 Å². The van der Waals surface area contributed by atoms with Gasteiger partial charge in [-0.1, -0.05) is 81.6 Å². The topological polar surface area (TPSA) is 24.1 Å². The van der Waals surface area contributed by atoms with Crippen molar-refractivity contribution in [3.63, 3.8) is 0 Å². The molecule has 2 heteroatoms. The molecule has 0 radical (unpaired) electrons. The van der Waals surface area contributed by atoms with Gasteiger partial charge in [0.15, 0.2) is 0 Å². The molecule has 1 saturated carbocycles. The van der Waals surface area contributed by atoms with Crippen molar-refractivity contribution in [3.8, 4) is 0 Å². The molecule has 2 aromatic rings. The molecule has 3 rings (SSSR count). The normalized spacial score (nSPS) is 18.7. The minimum atomic E-state index is 0.831. The van der Waals surface area contributed by atoms with Gasteiger partial charge in [0.2, 0.25) is 0 Å². The molecule has 0 heterocycles. The van der Waals surface area contributed by atoms with Crippen molar-refractivity contribution in [2.75, 3.05) is 13.1 Å². The Labute approximate surface area is 197 Å². The van der Waals surface area contributed by atoms with Crippen molar-refractivity contribution in [2.45, 2.75) is 91.1 Å². The third kappa shape index (κ3) is 9.08. The number of hydrogen-bond donors (Lipinski definition) is 2. The van der Waals surface area contributed by atoms with Gasteiger partial charge in [0.1, 0.15) is 0 Å². The molecular formula is C30H46N2. The van der Waals surface area contributed by atoms with Crippen LogP contribution in [-0.2, 0) is 25.9 Å². The lowest BCUT2D eigenvalue weighted by Gasteiger charge is -2.29. The van der Waals surface area contributed by atoms with Gasteiger partial charge < -0.3 is 10.6 Å². The van der Waals surface area contributed by atoms with Gasteiger partial charge in [0.25, 0.3) is 0 Å². The molecule has 32 heavy (non-hydrogen) atoms. The number of aryl methyl sites for hydroxylation is 2. The van der Waals surface area contributed by atoms with Gasteiger partial charge in [-0.3, -0.25) is 0 Å². The SMILES string of the molecule is CCCCc1ccc(CNCC2CCCC(CNCc3ccc(CCCC)cc3)C2)cc1. The molecule has 1 fully saturated rings. The van der Waals surface area contributed by atoms with E-state index < -0.39 is 0 Å². The minimum absolute atomic E-state index is 0.831. The predicted octanol–water partition coefficient (Wildman–Crippen LogP) is 7.06. The van der Waals surface area contributed by atoms with Gasteiger partial charge in [-0.25, -0.2) is 0 Å². The van der Waals surface area contributed by atoms with E-state index in [-0.39, 0.29) is 0 Å². The van der Waals surface area contributed by atoms with Crippen LogP contribution in [0, 0.1) is 11.8 Å². The second kappa shape index (κ2) is 14.5. The monoisotopic (exact) mass is 434 g/mol. The molecule has 2 nitrogen and oxygen atoms in total. The van der Waals surface area contributed by atoms with Crippen LogP contribution in [0.2, 0.25) is 0 Å². The fourth-order valence-electron chi connectivity index (χ4n) is 5.02. The van der Waals surface area contributed by atoms with Crippen molar-refractivity contribution < 1.29 is 0 Å². The van der Waals surface area contributed by atoms with Gasteiger partial charge in [-0.15, -0.1) is 0 Å². The van der Waals surface area contributed by atoms with Crippen LogP contribution in [-0.4, -0.2) is 13.1 Å². The van der Waals surface area contributed by atoms with E-state index in [1.165, 1.54) is 86.5 Å². The van der Waals surface area contributed by atoms with Crippen LogP contribution in [0.25, 0.3) is 0 Å². The second-order valence-electron chi connectivity index (χ2n) is 10.0. The van der Waals surface area contributed by atoms with E-state index in [1.807, 2.05) is 0 Å². The zero-order valence-corrected chi connectivity index (χ0v) is 20.7. The third-order valence-electron chi connectivity index (χ3n) is 7.10. The molecule has 2 N–H and O–H groups in total. The van der Waals surface area contributed by atoms with Gasteiger partial charge in [-0.05, 0) is 92.1 Å². The highest BCUT2D eigenvalue weighted by molar-refractivity contribution is 5.23. The van der Waals surface area contributed by atoms with Crippen LogP contribution >= 0.6 is 0 Å². The molecule has 0 bridgehead atoms. The number of hydrogen-bond acceptors (Lipinski definition) is 2. The summed E-state index contributed by atoms with van der Waals surface area (Å²) in [5.41, 5.74) is 5.79. The Morgan fingerprint density at radius 3 is 1.44 bits per heavy atom. The minimum Gasteiger partial charge on any atom is -0.312 e. The predicted molar refractivity (Wildman–Crippen MR) is 139 cm³/mol. The lowest BCUT2D eigenvalue weighted by molar-refractivity contribution is 0.252. The van der Waals surface area contributed by atoms with Crippen LogP contribution < -0.4 is 10.6 Å². The molecule has 0 aliphatic heterocycles. The maximum atomic E-state index is 3.74. The van der Waals surface area contributed by atoms with Gasteiger partial charge in [-0.2, -0.15) is 0 Å². The molecule has 0 saturated heterocycles. The molecule has 0 amide bonds. The van der Waals surface area contributed by atoms with Crippen molar-refractivity contribution in [2.24, 2.45) is 11.8 Å².